The number of amides is 2. The molecule has 0 bridgehead atoms. The molecule has 8 nitrogen and oxygen atoms in total. The Kier molecular flexibility index (Phi) is 5.89. The number of sulfone groups is 1. The van der Waals surface area contributed by atoms with Crippen LogP contribution in [0.1, 0.15) is 12.0 Å². The van der Waals surface area contributed by atoms with E-state index in [1.165, 1.54) is 12.0 Å². The third-order valence-corrected chi connectivity index (χ3v) is 5.54. The van der Waals surface area contributed by atoms with Gasteiger partial charge in [0.2, 0.25) is 0 Å². The summed E-state index contributed by atoms with van der Waals surface area (Å²) in [4.78, 5) is 29.9. The minimum atomic E-state index is -3.17. The van der Waals surface area contributed by atoms with E-state index in [1.807, 2.05) is 6.92 Å². The summed E-state index contributed by atoms with van der Waals surface area (Å²) in [5.74, 6) is -1.46. The average molecular weight is 355 g/mol. The Bertz CT molecular complexity index is 702. The molecule has 0 spiro atoms. The van der Waals surface area contributed by atoms with Crippen LogP contribution in [0.4, 0.5) is 5.82 Å². The minimum Gasteiger partial charge on any atom is -0.383 e. The number of carbonyl (C=O) groups excluding carboxylic acids is 2. The summed E-state index contributed by atoms with van der Waals surface area (Å²) in [5.41, 5.74) is 0.928. The second-order valence-electron chi connectivity index (χ2n) is 5.72. The lowest BCUT2D eigenvalue weighted by Gasteiger charge is -2.27. The monoisotopic (exact) mass is 355 g/mol. The fourth-order valence-corrected chi connectivity index (χ4v) is 4.23. The van der Waals surface area contributed by atoms with Crippen molar-refractivity contribution < 1.29 is 22.7 Å². The fourth-order valence-electron chi connectivity index (χ4n) is 2.50. The Labute approximate surface area is 141 Å². The normalized spacial score (nSPS) is 19.0. The molecule has 2 heterocycles. The number of nitrogens with one attached hydrogen (secondary N) is 1. The molecule has 132 valence electrons. The van der Waals surface area contributed by atoms with Gasteiger partial charge in [0, 0.05) is 25.9 Å². The van der Waals surface area contributed by atoms with Crippen molar-refractivity contribution in [2.75, 3.05) is 37.1 Å². The zero-order valence-corrected chi connectivity index (χ0v) is 14.5. The van der Waals surface area contributed by atoms with E-state index in [1.54, 1.807) is 18.3 Å². The topological polar surface area (TPSA) is 106 Å². The summed E-state index contributed by atoms with van der Waals surface area (Å²) >= 11 is 0. The highest BCUT2D eigenvalue weighted by molar-refractivity contribution is 7.91. The number of anilines is 1. The SMILES string of the molecule is COCCN(C(=O)C(=O)Nc1ccc(C)cn1)C1CCS(=O)(=O)C1. The molecular weight excluding hydrogens is 334 g/mol. The first-order valence-corrected chi connectivity index (χ1v) is 9.38. The number of hydrogen-bond acceptors (Lipinski definition) is 6. The first-order valence-electron chi connectivity index (χ1n) is 7.56. The Balaban J connectivity index is 2.08. The highest BCUT2D eigenvalue weighted by Gasteiger charge is 2.36. The van der Waals surface area contributed by atoms with Gasteiger partial charge in [-0.25, -0.2) is 13.4 Å². The van der Waals surface area contributed by atoms with Crippen LogP contribution in [0.5, 0.6) is 0 Å². The summed E-state index contributed by atoms with van der Waals surface area (Å²) in [6.45, 7) is 2.24. The standard InChI is InChI=1S/C15H21N3O5S/c1-11-3-4-13(16-9-11)17-14(19)15(20)18(6-7-23-2)12-5-8-24(21,22)10-12/h3-4,9,12H,5-8,10H2,1-2H3,(H,16,17,19). The predicted octanol–water partition coefficient (Wildman–Crippen LogP) is -0.00938. The van der Waals surface area contributed by atoms with Crippen molar-refractivity contribution in [2.45, 2.75) is 19.4 Å². The molecule has 2 amide bonds. The van der Waals surface area contributed by atoms with Crippen LogP contribution in [0, 0.1) is 6.92 Å². The maximum Gasteiger partial charge on any atom is 0.315 e. The van der Waals surface area contributed by atoms with Crippen molar-refractivity contribution in [1.82, 2.24) is 9.88 Å². The second kappa shape index (κ2) is 7.71. The molecule has 1 fully saturated rings. The lowest BCUT2D eigenvalue weighted by atomic mass is 10.2. The molecule has 1 N–H and O–H groups in total. The van der Waals surface area contributed by atoms with E-state index in [9.17, 15) is 18.0 Å². The average Bonchev–Trinajstić information content (AvgIpc) is 2.89. The van der Waals surface area contributed by atoms with Gasteiger partial charge in [-0.2, -0.15) is 0 Å². The maximum atomic E-state index is 12.5. The van der Waals surface area contributed by atoms with Crippen LogP contribution in [0.3, 0.4) is 0 Å². The Morgan fingerprint density at radius 3 is 2.71 bits per heavy atom. The number of nitrogens with zero attached hydrogens (tertiary/aromatic N) is 2. The van der Waals surface area contributed by atoms with E-state index in [4.69, 9.17) is 4.74 Å². The molecule has 1 aliphatic heterocycles. The lowest BCUT2D eigenvalue weighted by Crippen LogP contribution is -2.48. The highest BCUT2D eigenvalue weighted by atomic mass is 32.2. The molecule has 0 aliphatic carbocycles. The van der Waals surface area contributed by atoms with Gasteiger partial charge in [-0.15, -0.1) is 0 Å². The van der Waals surface area contributed by atoms with Crippen LogP contribution in [0.15, 0.2) is 18.3 Å². The quantitative estimate of drug-likeness (QED) is 0.745. The summed E-state index contributed by atoms with van der Waals surface area (Å²) in [7, 11) is -1.69. The molecule has 0 radical (unpaired) electrons. The van der Waals surface area contributed by atoms with Crippen LogP contribution in [-0.4, -0.2) is 67.9 Å². The van der Waals surface area contributed by atoms with Gasteiger partial charge in [0.1, 0.15) is 5.82 Å². The number of rotatable bonds is 5. The largest absolute Gasteiger partial charge is 0.383 e. The summed E-state index contributed by atoms with van der Waals surface area (Å²) in [6.07, 6.45) is 1.90. The van der Waals surface area contributed by atoms with Gasteiger partial charge in [-0.1, -0.05) is 6.07 Å². The Morgan fingerprint density at radius 1 is 1.42 bits per heavy atom. The smallest absolute Gasteiger partial charge is 0.315 e. The van der Waals surface area contributed by atoms with Crippen molar-refractivity contribution in [1.29, 1.82) is 0 Å². The van der Waals surface area contributed by atoms with E-state index in [2.05, 4.69) is 10.3 Å². The number of ether oxygens (including phenoxy) is 1. The minimum absolute atomic E-state index is 0.0234. The molecule has 1 atom stereocenters. The van der Waals surface area contributed by atoms with E-state index in [0.717, 1.165) is 5.56 Å². The van der Waals surface area contributed by atoms with E-state index >= 15 is 0 Å². The lowest BCUT2D eigenvalue weighted by molar-refractivity contribution is -0.145. The molecule has 0 aromatic carbocycles. The molecule has 2 rings (SSSR count). The van der Waals surface area contributed by atoms with Crippen LogP contribution in [0.25, 0.3) is 0 Å². The van der Waals surface area contributed by atoms with Gasteiger partial charge in [0.15, 0.2) is 9.84 Å². The van der Waals surface area contributed by atoms with Crippen LogP contribution in [-0.2, 0) is 24.2 Å². The highest BCUT2D eigenvalue weighted by Crippen LogP contribution is 2.18. The van der Waals surface area contributed by atoms with E-state index < -0.39 is 27.7 Å². The third kappa shape index (κ3) is 4.75. The second-order valence-corrected chi connectivity index (χ2v) is 7.95. The molecule has 1 unspecified atom stereocenters. The molecule has 1 aromatic heterocycles. The van der Waals surface area contributed by atoms with Crippen LogP contribution in [0.2, 0.25) is 0 Å². The number of pyridine rings is 1. The third-order valence-electron chi connectivity index (χ3n) is 3.79. The molecule has 1 aromatic rings. The number of methoxy groups -OCH3 is 1. The number of aromatic nitrogens is 1. The van der Waals surface area contributed by atoms with Crippen molar-refractivity contribution in [3.63, 3.8) is 0 Å². The molecule has 1 saturated heterocycles. The summed E-state index contributed by atoms with van der Waals surface area (Å²) in [6, 6.07) is 2.86. The molecule has 24 heavy (non-hydrogen) atoms. The summed E-state index contributed by atoms with van der Waals surface area (Å²) < 4.78 is 28.3. The van der Waals surface area contributed by atoms with Gasteiger partial charge >= 0.3 is 11.8 Å². The van der Waals surface area contributed by atoms with Gasteiger partial charge in [-0.05, 0) is 25.0 Å². The van der Waals surface area contributed by atoms with E-state index in [-0.39, 0.29) is 30.5 Å². The zero-order chi connectivity index (χ0) is 17.7. The fraction of sp³-hybridized carbons (Fsp3) is 0.533. The Hall–Kier alpha value is -2.00. The molecular formula is C15H21N3O5S. The van der Waals surface area contributed by atoms with Crippen LogP contribution >= 0.6 is 0 Å². The maximum absolute atomic E-state index is 12.5. The first kappa shape index (κ1) is 18.3. The Morgan fingerprint density at radius 2 is 2.17 bits per heavy atom. The number of aryl methyl sites for hydroxylation is 1. The summed E-state index contributed by atoms with van der Waals surface area (Å²) in [5, 5.41) is 2.44. The van der Waals surface area contributed by atoms with Gasteiger partial charge in [0.25, 0.3) is 0 Å². The van der Waals surface area contributed by atoms with Crippen molar-refractivity contribution in [3.8, 4) is 0 Å². The number of carbonyl (C=O) groups is 2. The molecule has 1 aliphatic rings. The molecule has 0 saturated carbocycles. The van der Waals surface area contributed by atoms with E-state index in [0.29, 0.717) is 6.42 Å². The van der Waals surface area contributed by atoms with Crippen molar-refractivity contribution in [2.24, 2.45) is 0 Å². The van der Waals surface area contributed by atoms with Gasteiger partial charge in [0.05, 0.1) is 18.1 Å². The predicted molar refractivity (Wildman–Crippen MR) is 88.3 cm³/mol. The van der Waals surface area contributed by atoms with Gasteiger partial charge in [-0.3, -0.25) is 9.59 Å². The van der Waals surface area contributed by atoms with Crippen molar-refractivity contribution in [3.05, 3.63) is 23.9 Å². The van der Waals surface area contributed by atoms with Crippen LogP contribution < -0.4 is 5.32 Å². The van der Waals surface area contributed by atoms with Crippen molar-refractivity contribution >= 4 is 27.5 Å². The first-order chi connectivity index (χ1) is 11.3. The number of hydrogen-bond donors (Lipinski definition) is 1. The van der Waals surface area contributed by atoms with Gasteiger partial charge < -0.3 is 15.0 Å². The molecule has 9 heteroatoms. The zero-order valence-electron chi connectivity index (χ0n) is 13.7.